The summed E-state index contributed by atoms with van der Waals surface area (Å²) in [6.07, 6.45) is 0. The van der Waals surface area contributed by atoms with Crippen LogP contribution in [0.3, 0.4) is 0 Å². The van der Waals surface area contributed by atoms with E-state index >= 15 is 0 Å². The molecule has 0 atom stereocenters. The van der Waals surface area contributed by atoms with Gasteiger partial charge in [0.25, 0.3) is 0 Å². The molecule has 1 N–H and O–H groups in total. The Hall–Kier alpha value is -4.34. The SMILES string of the molecule is OC(c1ccccc1)(c1ccc(Oc2ccccc2)cc1)c1ccc(Oc2ccccc2)cc1. The molecule has 0 fully saturated rings. The van der Waals surface area contributed by atoms with Crippen LogP contribution in [0.1, 0.15) is 16.7 Å². The van der Waals surface area contributed by atoms with Gasteiger partial charge in [-0.15, -0.1) is 0 Å². The number of benzene rings is 5. The minimum absolute atomic E-state index is 0.706. The Morgan fingerprint density at radius 1 is 0.353 bits per heavy atom. The Bertz CT molecular complexity index is 1230. The third-order valence-corrected chi connectivity index (χ3v) is 5.69. The normalized spacial score (nSPS) is 11.1. The number of hydrogen-bond donors (Lipinski definition) is 1. The first kappa shape index (κ1) is 21.5. The van der Waals surface area contributed by atoms with Crippen molar-refractivity contribution < 1.29 is 14.6 Å². The van der Waals surface area contributed by atoms with Gasteiger partial charge in [0.2, 0.25) is 0 Å². The van der Waals surface area contributed by atoms with Crippen LogP contribution < -0.4 is 9.47 Å². The van der Waals surface area contributed by atoms with Gasteiger partial charge in [0, 0.05) is 0 Å². The summed E-state index contributed by atoms with van der Waals surface area (Å²) < 4.78 is 11.9. The highest BCUT2D eigenvalue weighted by Crippen LogP contribution is 2.38. The average Bonchev–Trinajstić information content (AvgIpc) is 2.91. The fourth-order valence-electron chi connectivity index (χ4n) is 3.96. The van der Waals surface area contributed by atoms with E-state index in [0.29, 0.717) is 11.5 Å². The molecule has 0 heterocycles. The molecule has 5 aromatic rings. The van der Waals surface area contributed by atoms with Gasteiger partial charge in [-0.3, -0.25) is 0 Å². The van der Waals surface area contributed by atoms with Crippen LogP contribution in [0.25, 0.3) is 0 Å². The van der Waals surface area contributed by atoms with Gasteiger partial charge >= 0.3 is 0 Å². The zero-order chi connectivity index (χ0) is 23.2. The van der Waals surface area contributed by atoms with Crippen molar-refractivity contribution >= 4 is 0 Å². The molecule has 0 amide bonds. The highest BCUT2D eigenvalue weighted by Gasteiger charge is 2.33. The number of rotatable bonds is 7. The second kappa shape index (κ2) is 9.65. The van der Waals surface area contributed by atoms with Crippen LogP contribution in [0.15, 0.2) is 140 Å². The van der Waals surface area contributed by atoms with E-state index in [9.17, 15) is 5.11 Å². The zero-order valence-corrected chi connectivity index (χ0v) is 18.5. The fraction of sp³-hybridized carbons (Fsp3) is 0.0323. The van der Waals surface area contributed by atoms with Crippen molar-refractivity contribution in [3.8, 4) is 23.0 Å². The van der Waals surface area contributed by atoms with Crippen LogP contribution in [-0.2, 0) is 5.60 Å². The molecule has 0 aromatic heterocycles. The highest BCUT2D eigenvalue weighted by atomic mass is 16.5. The maximum absolute atomic E-state index is 12.1. The Labute approximate surface area is 199 Å². The van der Waals surface area contributed by atoms with Gasteiger partial charge in [0.05, 0.1) is 0 Å². The lowest BCUT2D eigenvalue weighted by Gasteiger charge is -2.30. The van der Waals surface area contributed by atoms with Crippen LogP contribution in [-0.4, -0.2) is 5.11 Å². The Balaban J connectivity index is 1.47. The summed E-state index contributed by atoms with van der Waals surface area (Å²) in [4.78, 5) is 0. The van der Waals surface area contributed by atoms with E-state index in [1.807, 2.05) is 140 Å². The lowest BCUT2D eigenvalue weighted by atomic mass is 9.80. The molecule has 3 heteroatoms. The standard InChI is InChI=1S/C31H24O3/c32-31(24-10-4-1-5-11-24,25-16-20-29(21-17-25)33-27-12-6-2-7-13-27)26-18-22-30(23-19-26)34-28-14-8-3-9-15-28/h1-23,32H. The molecule has 0 bridgehead atoms. The second-order valence-electron chi connectivity index (χ2n) is 7.96. The van der Waals surface area contributed by atoms with E-state index in [1.54, 1.807) is 0 Å². The smallest absolute Gasteiger partial charge is 0.140 e. The van der Waals surface area contributed by atoms with Crippen LogP contribution >= 0.6 is 0 Å². The Morgan fingerprint density at radius 2 is 0.647 bits per heavy atom. The number of hydrogen-bond acceptors (Lipinski definition) is 3. The molecule has 0 saturated carbocycles. The molecule has 0 radical (unpaired) electrons. The van der Waals surface area contributed by atoms with Gasteiger partial charge in [0.1, 0.15) is 28.6 Å². The number of aliphatic hydroxyl groups is 1. The third-order valence-electron chi connectivity index (χ3n) is 5.69. The van der Waals surface area contributed by atoms with Gasteiger partial charge in [0.15, 0.2) is 0 Å². The maximum Gasteiger partial charge on any atom is 0.140 e. The average molecular weight is 445 g/mol. The predicted molar refractivity (Wildman–Crippen MR) is 134 cm³/mol. The minimum atomic E-state index is -1.34. The van der Waals surface area contributed by atoms with Crippen LogP contribution in [0, 0.1) is 0 Å². The predicted octanol–water partition coefficient (Wildman–Crippen LogP) is 7.56. The fourth-order valence-corrected chi connectivity index (χ4v) is 3.96. The molecule has 0 aliphatic carbocycles. The highest BCUT2D eigenvalue weighted by molar-refractivity contribution is 5.49. The number of ether oxygens (including phenoxy) is 2. The van der Waals surface area contributed by atoms with E-state index < -0.39 is 5.60 Å². The molecule has 0 aliphatic heterocycles. The summed E-state index contributed by atoms with van der Waals surface area (Å²) in [5, 5.41) is 12.1. The van der Waals surface area contributed by atoms with Crippen molar-refractivity contribution in [2.75, 3.05) is 0 Å². The van der Waals surface area contributed by atoms with Crippen molar-refractivity contribution in [1.82, 2.24) is 0 Å². The summed E-state index contributed by atoms with van der Waals surface area (Å²) in [6, 6.07) is 44.1. The first-order valence-corrected chi connectivity index (χ1v) is 11.2. The first-order valence-electron chi connectivity index (χ1n) is 11.2. The Morgan fingerprint density at radius 3 is 1.03 bits per heavy atom. The van der Waals surface area contributed by atoms with E-state index in [1.165, 1.54) is 0 Å². The van der Waals surface area contributed by atoms with Gasteiger partial charge in [-0.2, -0.15) is 0 Å². The molecule has 166 valence electrons. The van der Waals surface area contributed by atoms with Gasteiger partial charge in [-0.25, -0.2) is 0 Å². The van der Waals surface area contributed by atoms with Gasteiger partial charge < -0.3 is 14.6 Å². The summed E-state index contributed by atoms with van der Waals surface area (Å²) in [7, 11) is 0. The summed E-state index contributed by atoms with van der Waals surface area (Å²) in [5.41, 5.74) is 0.938. The molecule has 3 nitrogen and oxygen atoms in total. The van der Waals surface area contributed by atoms with Crippen molar-refractivity contribution in [2.24, 2.45) is 0 Å². The molecule has 0 spiro atoms. The van der Waals surface area contributed by atoms with Crippen molar-refractivity contribution in [3.05, 3.63) is 156 Å². The van der Waals surface area contributed by atoms with Crippen molar-refractivity contribution in [2.45, 2.75) is 5.60 Å². The number of para-hydroxylation sites is 2. The summed E-state index contributed by atoms with van der Waals surface area (Å²) in [6.45, 7) is 0. The van der Waals surface area contributed by atoms with E-state index in [-0.39, 0.29) is 0 Å². The zero-order valence-electron chi connectivity index (χ0n) is 18.5. The molecule has 5 aromatic carbocycles. The van der Waals surface area contributed by atoms with E-state index in [2.05, 4.69) is 0 Å². The van der Waals surface area contributed by atoms with Gasteiger partial charge in [-0.1, -0.05) is 91.0 Å². The molecule has 5 rings (SSSR count). The summed E-state index contributed by atoms with van der Waals surface area (Å²) in [5.74, 6) is 2.94. The van der Waals surface area contributed by atoms with Crippen molar-refractivity contribution in [1.29, 1.82) is 0 Å². The van der Waals surface area contributed by atoms with Crippen LogP contribution in [0.2, 0.25) is 0 Å². The van der Waals surface area contributed by atoms with Crippen molar-refractivity contribution in [3.63, 3.8) is 0 Å². The molecule has 34 heavy (non-hydrogen) atoms. The lowest BCUT2D eigenvalue weighted by Crippen LogP contribution is -2.28. The topological polar surface area (TPSA) is 38.7 Å². The third kappa shape index (κ3) is 4.56. The first-order chi connectivity index (χ1) is 16.7. The molecule has 0 aliphatic rings. The summed E-state index contributed by atoms with van der Waals surface area (Å²) >= 11 is 0. The second-order valence-corrected chi connectivity index (χ2v) is 7.96. The monoisotopic (exact) mass is 444 g/mol. The molecule has 0 saturated heterocycles. The lowest BCUT2D eigenvalue weighted by molar-refractivity contribution is 0.125. The van der Waals surface area contributed by atoms with E-state index in [0.717, 1.165) is 28.2 Å². The molecule has 0 unspecified atom stereocenters. The van der Waals surface area contributed by atoms with Crippen LogP contribution in [0.5, 0.6) is 23.0 Å². The van der Waals surface area contributed by atoms with Crippen LogP contribution in [0.4, 0.5) is 0 Å². The van der Waals surface area contributed by atoms with E-state index in [4.69, 9.17) is 9.47 Å². The molecular formula is C31H24O3. The van der Waals surface area contributed by atoms with Gasteiger partial charge in [-0.05, 0) is 65.2 Å². The quantitative estimate of drug-likeness (QED) is 0.263. The molecular weight excluding hydrogens is 420 g/mol. The minimum Gasteiger partial charge on any atom is -0.457 e. The largest absolute Gasteiger partial charge is 0.457 e. The Kier molecular flexibility index (Phi) is 6.11. The maximum atomic E-state index is 12.1.